The number of halogens is 1. The largest absolute Gasteiger partial charge is 0.382 e. The standard InChI is InChI=1S/C21H23FN2O2/c1-2-26-12-4-7-21(25)24(16-19-5-3-6-20(22)13-19)15-18-10-8-17(14-23)9-11-18/h3,5-6,8-11,13H,2,4,7,12,15-16H2,1H3. The van der Waals surface area contributed by atoms with Crippen molar-refractivity contribution in [2.24, 2.45) is 0 Å². The molecular formula is C21H23FN2O2. The highest BCUT2D eigenvalue weighted by atomic mass is 19.1. The Balaban J connectivity index is 2.08. The Morgan fingerprint density at radius 3 is 2.54 bits per heavy atom. The summed E-state index contributed by atoms with van der Waals surface area (Å²) < 4.78 is 18.8. The van der Waals surface area contributed by atoms with Gasteiger partial charge in [0.2, 0.25) is 5.91 Å². The molecule has 0 aliphatic rings. The van der Waals surface area contributed by atoms with Gasteiger partial charge in [0, 0.05) is 32.7 Å². The minimum Gasteiger partial charge on any atom is -0.382 e. The summed E-state index contributed by atoms with van der Waals surface area (Å²) in [6, 6.07) is 15.5. The van der Waals surface area contributed by atoms with Crippen LogP contribution < -0.4 is 0 Å². The fraction of sp³-hybridized carbons (Fsp3) is 0.333. The van der Waals surface area contributed by atoms with Crippen LogP contribution in [0.1, 0.15) is 36.5 Å². The number of carbonyl (C=O) groups excluding carboxylic acids is 1. The first kappa shape index (κ1) is 19.6. The lowest BCUT2D eigenvalue weighted by Gasteiger charge is -2.23. The van der Waals surface area contributed by atoms with Crippen molar-refractivity contribution in [1.29, 1.82) is 5.26 Å². The van der Waals surface area contributed by atoms with Gasteiger partial charge in [-0.05, 0) is 48.7 Å². The molecule has 0 atom stereocenters. The van der Waals surface area contributed by atoms with Crippen molar-refractivity contribution in [2.45, 2.75) is 32.9 Å². The zero-order valence-electron chi connectivity index (χ0n) is 15.0. The van der Waals surface area contributed by atoms with E-state index in [0.717, 1.165) is 11.1 Å². The van der Waals surface area contributed by atoms with Gasteiger partial charge in [0.15, 0.2) is 0 Å². The summed E-state index contributed by atoms with van der Waals surface area (Å²) in [5.74, 6) is -0.317. The van der Waals surface area contributed by atoms with E-state index < -0.39 is 0 Å². The summed E-state index contributed by atoms with van der Waals surface area (Å²) in [7, 11) is 0. The van der Waals surface area contributed by atoms with E-state index in [-0.39, 0.29) is 11.7 Å². The lowest BCUT2D eigenvalue weighted by atomic mass is 10.1. The molecule has 5 heteroatoms. The van der Waals surface area contributed by atoms with E-state index in [4.69, 9.17) is 10.00 Å². The number of rotatable bonds is 9. The number of amides is 1. The van der Waals surface area contributed by atoms with Crippen LogP contribution in [0.3, 0.4) is 0 Å². The smallest absolute Gasteiger partial charge is 0.223 e. The van der Waals surface area contributed by atoms with E-state index in [1.54, 1.807) is 23.1 Å². The molecule has 26 heavy (non-hydrogen) atoms. The van der Waals surface area contributed by atoms with Crippen LogP contribution in [-0.2, 0) is 22.6 Å². The van der Waals surface area contributed by atoms with Gasteiger partial charge in [-0.15, -0.1) is 0 Å². The van der Waals surface area contributed by atoms with E-state index >= 15 is 0 Å². The summed E-state index contributed by atoms with van der Waals surface area (Å²) in [6.45, 7) is 3.85. The van der Waals surface area contributed by atoms with Crippen molar-refractivity contribution in [1.82, 2.24) is 4.90 Å². The Morgan fingerprint density at radius 1 is 1.15 bits per heavy atom. The van der Waals surface area contributed by atoms with Crippen LogP contribution in [0.25, 0.3) is 0 Å². The summed E-state index contributed by atoms with van der Waals surface area (Å²) in [5.41, 5.74) is 2.25. The number of ether oxygens (including phenoxy) is 1. The number of benzene rings is 2. The monoisotopic (exact) mass is 354 g/mol. The molecule has 0 radical (unpaired) electrons. The third-order valence-corrected chi connectivity index (χ3v) is 3.96. The summed E-state index contributed by atoms with van der Waals surface area (Å²) in [5, 5.41) is 8.90. The van der Waals surface area contributed by atoms with Gasteiger partial charge in [-0.2, -0.15) is 5.26 Å². The Hall–Kier alpha value is -2.71. The number of hydrogen-bond donors (Lipinski definition) is 0. The molecule has 0 spiro atoms. The minimum absolute atomic E-state index is 0.00155. The number of nitrogens with zero attached hydrogens (tertiary/aromatic N) is 2. The topological polar surface area (TPSA) is 53.3 Å². The van der Waals surface area contributed by atoms with Crippen molar-refractivity contribution < 1.29 is 13.9 Å². The van der Waals surface area contributed by atoms with Gasteiger partial charge in [0.1, 0.15) is 5.82 Å². The highest BCUT2D eigenvalue weighted by Crippen LogP contribution is 2.14. The molecule has 0 fully saturated rings. The maximum Gasteiger partial charge on any atom is 0.223 e. The summed E-state index contributed by atoms with van der Waals surface area (Å²) in [6.07, 6.45) is 1.03. The molecule has 136 valence electrons. The van der Waals surface area contributed by atoms with Crippen LogP contribution in [0.5, 0.6) is 0 Å². The normalized spacial score (nSPS) is 10.3. The molecule has 0 saturated carbocycles. The van der Waals surface area contributed by atoms with E-state index in [1.807, 2.05) is 25.1 Å². The number of hydrogen-bond acceptors (Lipinski definition) is 3. The summed E-state index contributed by atoms with van der Waals surface area (Å²) >= 11 is 0. The van der Waals surface area contributed by atoms with Crippen LogP contribution >= 0.6 is 0 Å². The molecule has 0 unspecified atom stereocenters. The van der Waals surface area contributed by atoms with E-state index in [9.17, 15) is 9.18 Å². The molecule has 0 aliphatic heterocycles. The maximum atomic E-state index is 13.5. The van der Waals surface area contributed by atoms with E-state index in [1.165, 1.54) is 12.1 Å². The second-order valence-corrected chi connectivity index (χ2v) is 5.99. The molecule has 2 rings (SSSR count). The molecule has 0 bridgehead atoms. The van der Waals surface area contributed by atoms with Crippen LogP contribution in [0.2, 0.25) is 0 Å². The number of nitriles is 1. The van der Waals surface area contributed by atoms with Crippen LogP contribution in [-0.4, -0.2) is 24.0 Å². The van der Waals surface area contributed by atoms with Gasteiger partial charge in [0.25, 0.3) is 0 Å². The third kappa shape index (κ3) is 6.30. The average Bonchev–Trinajstić information content (AvgIpc) is 2.65. The number of carbonyl (C=O) groups is 1. The van der Waals surface area contributed by atoms with Crippen molar-refractivity contribution in [3.05, 3.63) is 71.0 Å². The second kappa shape index (κ2) is 10.3. The molecule has 0 heterocycles. The molecule has 0 N–H and O–H groups in total. The zero-order valence-corrected chi connectivity index (χ0v) is 15.0. The van der Waals surface area contributed by atoms with Gasteiger partial charge in [0.05, 0.1) is 11.6 Å². The van der Waals surface area contributed by atoms with E-state index in [0.29, 0.717) is 44.7 Å². The average molecular weight is 354 g/mol. The van der Waals surface area contributed by atoms with Gasteiger partial charge in [-0.25, -0.2) is 4.39 Å². The van der Waals surface area contributed by atoms with Crippen molar-refractivity contribution in [3.63, 3.8) is 0 Å². The van der Waals surface area contributed by atoms with E-state index in [2.05, 4.69) is 6.07 Å². The summed E-state index contributed by atoms with van der Waals surface area (Å²) in [4.78, 5) is 14.4. The molecule has 1 amide bonds. The van der Waals surface area contributed by atoms with Gasteiger partial charge < -0.3 is 9.64 Å². The Labute approximate surface area is 153 Å². The molecule has 2 aromatic carbocycles. The first-order valence-electron chi connectivity index (χ1n) is 8.71. The predicted molar refractivity (Wildman–Crippen MR) is 97.5 cm³/mol. The van der Waals surface area contributed by atoms with Crippen LogP contribution in [0.4, 0.5) is 4.39 Å². The molecule has 2 aromatic rings. The Morgan fingerprint density at radius 2 is 1.88 bits per heavy atom. The first-order chi connectivity index (χ1) is 12.6. The van der Waals surface area contributed by atoms with Crippen LogP contribution in [0, 0.1) is 17.1 Å². The predicted octanol–water partition coefficient (Wildman–Crippen LogP) is 4.04. The zero-order chi connectivity index (χ0) is 18.8. The van der Waals surface area contributed by atoms with Crippen molar-refractivity contribution in [2.75, 3.05) is 13.2 Å². The van der Waals surface area contributed by atoms with Gasteiger partial charge >= 0.3 is 0 Å². The van der Waals surface area contributed by atoms with Gasteiger partial charge in [-0.3, -0.25) is 4.79 Å². The quantitative estimate of drug-likeness (QED) is 0.639. The van der Waals surface area contributed by atoms with Crippen LogP contribution in [0.15, 0.2) is 48.5 Å². The SMILES string of the molecule is CCOCCCC(=O)N(Cc1ccc(C#N)cc1)Cc1cccc(F)c1. The molecular weight excluding hydrogens is 331 g/mol. The highest BCUT2D eigenvalue weighted by Gasteiger charge is 2.15. The Kier molecular flexibility index (Phi) is 7.78. The molecule has 0 aromatic heterocycles. The third-order valence-electron chi connectivity index (χ3n) is 3.96. The Bertz CT molecular complexity index is 753. The second-order valence-electron chi connectivity index (χ2n) is 5.99. The van der Waals surface area contributed by atoms with Crippen molar-refractivity contribution in [3.8, 4) is 6.07 Å². The minimum atomic E-state index is -0.315. The lowest BCUT2D eigenvalue weighted by molar-refractivity contribution is -0.132. The molecule has 0 saturated heterocycles. The fourth-order valence-corrected chi connectivity index (χ4v) is 2.62. The molecule has 4 nitrogen and oxygen atoms in total. The first-order valence-corrected chi connectivity index (χ1v) is 8.71. The molecule has 0 aliphatic carbocycles. The lowest BCUT2D eigenvalue weighted by Crippen LogP contribution is -2.30. The highest BCUT2D eigenvalue weighted by molar-refractivity contribution is 5.76. The van der Waals surface area contributed by atoms with Gasteiger partial charge in [-0.1, -0.05) is 24.3 Å². The van der Waals surface area contributed by atoms with Crippen molar-refractivity contribution >= 4 is 5.91 Å². The maximum absolute atomic E-state index is 13.5. The fourth-order valence-electron chi connectivity index (χ4n) is 2.62.